The highest BCUT2D eigenvalue weighted by atomic mass is 127. The largest absolute Gasteiger partial charge is 0.356 e. The van der Waals surface area contributed by atoms with E-state index >= 15 is 0 Å². The van der Waals surface area contributed by atoms with E-state index < -0.39 is 14.6 Å². The van der Waals surface area contributed by atoms with Gasteiger partial charge in [-0.1, -0.05) is 11.6 Å². The van der Waals surface area contributed by atoms with E-state index in [-0.39, 0.29) is 24.0 Å². The van der Waals surface area contributed by atoms with E-state index in [0.717, 1.165) is 13.0 Å². The Hall–Kier alpha value is -0.310. The second-order valence-corrected chi connectivity index (χ2v) is 8.89. The first-order valence-electron chi connectivity index (χ1n) is 7.58. The topological polar surface area (TPSA) is 70.6 Å². The van der Waals surface area contributed by atoms with Crippen LogP contribution in [0.3, 0.4) is 0 Å². The van der Waals surface area contributed by atoms with Crippen LogP contribution in [0, 0.1) is 0 Å². The van der Waals surface area contributed by atoms with Crippen molar-refractivity contribution in [2.75, 3.05) is 26.4 Å². The molecule has 22 heavy (non-hydrogen) atoms. The summed E-state index contributed by atoms with van der Waals surface area (Å²) >= 11 is 0. The smallest absolute Gasteiger partial charge is 0.191 e. The molecule has 1 rings (SSSR count). The van der Waals surface area contributed by atoms with Gasteiger partial charge in [0.25, 0.3) is 0 Å². The monoisotopic (exact) mass is 443 g/mol. The molecule has 0 atom stereocenters. The molecule has 7 heteroatoms. The molecular weight excluding hydrogens is 413 g/mol. The summed E-state index contributed by atoms with van der Waals surface area (Å²) in [6, 6.07) is 0. The number of nitrogens with zero attached hydrogens (tertiary/aromatic N) is 1. The van der Waals surface area contributed by atoms with E-state index in [1.807, 2.05) is 0 Å². The lowest BCUT2D eigenvalue weighted by Crippen LogP contribution is -2.47. The second kappa shape index (κ2) is 9.75. The summed E-state index contributed by atoms with van der Waals surface area (Å²) in [6.45, 7) is 4.60. The van der Waals surface area contributed by atoms with Crippen LogP contribution in [-0.2, 0) is 9.84 Å². The van der Waals surface area contributed by atoms with E-state index in [9.17, 15) is 8.42 Å². The highest BCUT2D eigenvalue weighted by molar-refractivity contribution is 14.0. The standard InChI is InChI=1S/C15H29N3O2S.HI/c1-15(2,21(4,19)20)12-18-14(16-3)17-11-10-13-8-6-5-7-9-13;/h8H,5-7,9-12H2,1-4H3,(H2,16,17,18);1H. The average molecular weight is 443 g/mol. The van der Waals surface area contributed by atoms with Gasteiger partial charge in [-0.15, -0.1) is 24.0 Å². The van der Waals surface area contributed by atoms with Crippen molar-refractivity contribution in [1.82, 2.24) is 10.6 Å². The maximum atomic E-state index is 11.7. The Morgan fingerprint density at radius 3 is 2.50 bits per heavy atom. The summed E-state index contributed by atoms with van der Waals surface area (Å²) in [7, 11) is -1.40. The number of hydrogen-bond acceptors (Lipinski definition) is 3. The molecule has 0 bridgehead atoms. The van der Waals surface area contributed by atoms with Crippen LogP contribution in [0.4, 0.5) is 0 Å². The first-order valence-corrected chi connectivity index (χ1v) is 9.47. The molecule has 0 fully saturated rings. The van der Waals surface area contributed by atoms with Crippen molar-refractivity contribution in [3.05, 3.63) is 11.6 Å². The van der Waals surface area contributed by atoms with Gasteiger partial charge in [0, 0.05) is 26.4 Å². The van der Waals surface area contributed by atoms with Crippen LogP contribution in [0.1, 0.15) is 46.0 Å². The number of rotatable bonds is 6. The number of aliphatic imine (C=N–C) groups is 1. The number of sulfone groups is 1. The van der Waals surface area contributed by atoms with Gasteiger partial charge in [0.15, 0.2) is 15.8 Å². The third kappa shape index (κ3) is 7.30. The second-order valence-electron chi connectivity index (χ2n) is 6.24. The first kappa shape index (κ1) is 21.7. The molecule has 0 aromatic heterocycles. The van der Waals surface area contributed by atoms with Crippen LogP contribution in [-0.4, -0.2) is 45.5 Å². The molecule has 0 amide bonds. The first-order chi connectivity index (χ1) is 9.76. The molecular formula is C15H30IN3O2S. The van der Waals surface area contributed by atoms with E-state index in [0.29, 0.717) is 12.5 Å². The zero-order chi connectivity index (χ0) is 15.9. The predicted molar refractivity (Wildman–Crippen MR) is 105 cm³/mol. The van der Waals surface area contributed by atoms with Gasteiger partial charge in [0.2, 0.25) is 0 Å². The molecule has 2 N–H and O–H groups in total. The molecule has 5 nitrogen and oxygen atoms in total. The van der Waals surface area contributed by atoms with Gasteiger partial charge in [-0.05, 0) is 46.0 Å². The normalized spacial score (nSPS) is 16.5. The number of nitrogens with one attached hydrogen (secondary N) is 2. The molecule has 1 aliphatic rings. The van der Waals surface area contributed by atoms with Crippen LogP contribution in [0.25, 0.3) is 0 Å². The Morgan fingerprint density at radius 1 is 1.32 bits per heavy atom. The number of allylic oxidation sites excluding steroid dienone is 1. The van der Waals surface area contributed by atoms with Crippen molar-refractivity contribution in [3.63, 3.8) is 0 Å². The van der Waals surface area contributed by atoms with Crippen molar-refractivity contribution < 1.29 is 8.42 Å². The van der Waals surface area contributed by atoms with Gasteiger partial charge in [-0.25, -0.2) is 8.42 Å². The van der Waals surface area contributed by atoms with Gasteiger partial charge < -0.3 is 10.6 Å². The minimum Gasteiger partial charge on any atom is -0.356 e. The molecule has 0 aromatic rings. The Balaban J connectivity index is 0.00000441. The molecule has 0 heterocycles. The van der Waals surface area contributed by atoms with Crippen LogP contribution in [0.5, 0.6) is 0 Å². The number of hydrogen-bond donors (Lipinski definition) is 2. The van der Waals surface area contributed by atoms with Crippen molar-refractivity contribution in [3.8, 4) is 0 Å². The summed E-state index contributed by atoms with van der Waals surface area (Å²) in [6.07, 6.45) is 9.63. The highest BCUT2D eigenvalue weighted by Gasteiger charge is 2.30. The average Bonchev–Trinajstić information content (AvgIpc) is 2.42. The minimum atomic E-state index is -3.10. The van der Waals surface area contributed by atoms with Crippen molar-refractivity contribution in [2.24, 2.45) is 4.99 Å². The molecule has 0 aliphatic heterocycles. The van der Waals surface area contributed by atoms with E-state index in [1.165, 1.54) is 37.5 Å². The Bertz CT molecular complexity index is 499. The molecule has 0 aromatic carbocycles. The lowest BCUT2D eigenvalue weighted by atomic mass is 9.97. The number of guanidine groups is 1. The van der Waals surface area contributed by atoms with Crippen molar-refractivity contribution in [1.29, 1.82) is 0 Å². The zero-order valence-electron chi connectivity index (χ0n) is 14.1. The SMILES string of the molecule is CN=C(NCCC1=CCCCC1)NCC(C)(C)S(C)(=O)=O.I. The minimum absolute atomic E-state index is 0. The van der Waals surface area contributed by atoms with Gasteiger partial charge in [-0.3, -0.25) is 4.99 Å². The Morgan fingerprint density at radius 2 is 2.00 bits per heavy atom. The van der Waals surface area contributed by atoms with Crippen LogP contribution >= 0.6 is 24.0 Å². The molecule has 0 unspecified atom stereocenters. The lowest BCUT2D eigenvalue weighted by Gasteiger charge is -2.24. The fraction of sp³-hybridized carbons (Fsp3) is 0.800. The van der Waals surface area contributed by atoms with Gasteiger partial charge in [-0.2, -0.15) is 0 Å². The van der Waals surface area contributed by atoms with E-state index in [2.05, 4.69) is 21.7 Å². The lowest BCUT2D eigenvalue weighted by molar-refractivity contribution is 0.544. The Labute approximate surface area is 152 Å². The number of halogens is 1. The van der Waals surface area contributed by atoms with E-state index in [1.54, 1.807) is 20.9 Å². The molecule has 0 saturated heterocycles. The quantitative estimate of drug-likeness (QED) is 0.287. The summed E-state index contributed by atoms with van der Waals surface area (Å²) < 4.78 is 22.5. The summed E-state index contributed by atoms with van der Waals surface area (Å²) in [5.41, 5.74) is 1.51. The summed E-state index contributed by atoms with van der Waals surface area (Å²) in [5.74, 6) is 0.656. The van der Waals surface area contributed by atoms with E-state index in [4.69, 9.17) is 0 Å². The van der Waals surface area contributed by atoms with Crippen LogP contribution in [0.2, 0.25) is 0 Å². The maximum Gasteiger partial charge on any atom is 0.191 e. The summed E-state index contributed by atoms with van der Waals surface area (Å²) in [4.78, 5) is 4.14. The van der Waals surface area contributed by atoms with Crippen LogP contribution in [0.15, 0.2) is 16.6 Å². The van der Waals surface area contributed by atoms with Gasteiger partial charge >= 0.3 is 0 Å². The predicted octanol–water partition coefficient (Wildman–Crippen LogP) is 2.48. The molecule has 0 spiro atoms. The third-order valence-electron chi connectivity index (χ3n) is 4.03. The third-order valence-corrected chi connectivity index (χ3v) is 6.18. The van der Waals surface area contributed by atoms with Gasteiger partial charge in [0.1, 0.15) is 0 Å². The maximum absolute atomic E-state index is 11.7. The highest BCUT2D eigenvalue weighted by Crippen LogP contribution is 2.19. The van der Waals surface area contributed by atoms with Crippen LogP contribution < -0.4 is 10.6 Å². The molecule has 130 valence electrons. The summed E-state index contributed by atoms with van der Waals surface area (Å²) in [5, 5.41) is 6.34. The van der Waals surface area contributed by atoms with Crippen molar-refractivity contribution >= 4 is 39.8 Å². The molecule has 0 radical (unpaired) electrons. The Kier molecular flexibility index (Phi) is 9.61. The molecule has 0 saturated carbocycles. The van der Waals surface area contributed by atoms with Gasteiger partial charge in [0.05, 0.1) is 4.75 Å². The fourth-order valence-electron chi connectivity index (χ4n) is 2.12. The fourth-order valence-corrected chi connectivity index (χ4v) is 2.46. The van der Waals surface area contributed by atoms with Crippen molar-refractivity contribution in [2.45, 2.75) is 50.7 Å². The molecule has 1 aliphatic carbocycles. The zero-order valence-corrected chi connectivity index (χ0v) is 17.3.